The molecule has 5 nitrogen and oxygen atoms in total. The molecule has 0 unspecified atom stereocenters. The maximum atomic E-state index is 10.4. The molecule has 226 valence electrons. The van der Waals surface area contributed by atoms with Gasteiger partial charge in [-0.2, -0.15) is 5.26 Å². The van der Waals surface area contributed by atoms with E-state index < -0.39 is 0 Å². The molecule has 3 aromatic heterocycles. The summed E-state index contributed by atoms with van der Waals surface area (Å²) in [5.74, 6) is 0. The lowest BCUT2D eigenvalue weighted by molar-refractivity contribution is 0.669. The van der Waals surface area contributed by atoms with E-state index in [1.807, 2.05) is 48.5 Å². The Morgan fingerprint density at radius 2 is 1.12 bits per heavy atom. The fourth-order valence-corrected chi connectivity index (χ4v) is 7.65. The predicted molar refractivity (Wildman–Crippen MR) is 199 cm³/mol. The first kappa shape index (κ1) is 27.1. The average molecular weight is 625 g/mol. The van der Waals surface area contributed by atoms with Crippen molar-refractivity contribution in [2.24, 2.45) is 0 Å². The molecule has 0 saturated heterocycles. The fraction of sp³-hybridized carbons (Fsp3) is 0. The third-order valence-corrected chi connectivity index (χ3v) is 9.75. The Morgan fingerprint density at radius 1 is 0.510 bits per heavy atom. The van der Waals surface area contributed by atoms with Gasteiger partial charge in [0.2, 0.25) is 5.69 Å². The van der Waals surface area contributed by atoms with Crippen LogP contribution in [0.2, 0.25) is 0 Å². The number of nitriles is 1. The van der Waals surface area contributed by atoms with Crippen molar-refractivity contribution in [2.45, 2.75) is 0 Å². The molecule has 0 amide bonds. The summed E-state index contributed by atoms with van der Waals surface area (Å²) in [5, 5.41) is 17.0. The largest absolute Gasteiger partial charge is 0.456 e. The van der Waals surface area contributed by atoms with Crippen molar-refractivity contribution in [3.63, 3.8) is 0 Å². The molecule has 0 spiro atoms. The Labute approximate surface area is 280 Å². The molecular formula is C44H24N4O. The van der Waals surface area contributed by atoms with Gasteiger partial charge in [0.05, 0.1) is 40.3 Å². The number of para-hydroxylation sites is 4. The number of aromatic nitrogens is 2. The molecule has 0 atom stereocenters. The highest BCUT2D eigenvalue weighted by Crippen LogP contribution is 2.42. The van der Waals surface area contributed by atoms with Gasteiger partial charge in [-0.05, 0) is 71.8 Å². The Bertz CT molecular complexity index is 3030. The summed E-state index contributed by atoms with van der Waals surface area (Å²) in [7, 11) is 0. The standard InChI is InChI=1S/C44H24N4O/c1-46-44-28(26-45)22-30(48-40-19-8-4-15-33(40)36-25-43-37(24-41(36)48)34-16-5-9-20-42(34)49-43)23-35(44)27-11-10-12-29(21-27)47-38-17-6-2-13-31(38)32-14-3-7-18-39(32)47/h2-25H. The molecule has 0 radical (unpaired) electrons. The topological polar surface area (TPSA) is 51.1 Å². The molecule has 10 rings (SSSR count). The van der Waals surface area contributed by atoms with E-state index in [2.05, 4.69) is 117 Å². The van der Waals surface area contributed by atoms with Gasteiger partial charge in [-0.1, -0.05) is 84.9 Å². The molecule has 0 N–H and O–H groups in total. The van der Waals surface area contributed by atoms with E-state index in [9.17, 15) is 5.26 Å². The van der Waals surface area contributed by atoms with Gasteiger partial charge in [0.25, 0.3) is 0 Å². The molecule has 49 heavy (non-hydrogen) atoms. The third-order valence-electron chi connectivity index (χ3n) is 9.75. The highest BCUT2D eigenvalue weighted by Gasteiger charge is 2.20. The van der Waals surface area contributed by atoms with Crippen LogP contribution in [-0.2, 0) is 0 Å². The van der Waals surface area contributed by atoms with Crippen LogP contribution in [0.25, 0.3) is 92.9 Å². The van der Waals surface area contributed by atoms with E-state index in [1.54, 1.807) is 0 Å². The summed E-state index contributed by atoms with van der Waals surface area (Å²) in [6.07, 6.45) is 0. The summed E-state index contributed by atoms with van der Waals surface area (Å²) in [5.41, 5.74) is 9.99. The van der Waals surface area contributed by atoms with E-state index in [0.29, 0.717) is 16.8 Å². The molecule has 0 bridgehead atoms. The summed E-state index contributed by atoms with van der Waals surface area (Å²) in [6, 6.07) is 52.1. The average Bonchev–Trinajstić information content (AvgIpc) is 3.80. The zero-order valence-corrected chi connectivity index (χ0v) is 26.1. The van der Waals surface area contributed by atoms with E-state index >= 15 is 0 Å². The van der Waals surface area contributed by atoms with Gasteiger partial charge in [0, 0.05) is 43.7 Å². The molecule has 0 aliphatic rings. The fourth-order valence-electron chi connectivity index (χ4n) is 7.65. The van der Waals surface area contributed by atoms with E-state index in [-0.39, 0.29) is 0 Å². The zero-order chi connectivity index (χ0) is 32.6. The van der Waals surface area contributed by atoms with E-state index in [1.165, 1.54) is 10.8 Å². The lowest BCUT2D eigenvalue weighted by atomic mass is 9.98. The zero-order valence-electron chi connectivity index (χ0n) is 26.1. The Hall–Kier alpha value is -7.08. The van der Waals surface area contributed by atoms with Crippen molar-refractivity contribution >= 4 is 71.2 Å². The van der Waals surface area contributed by atoms with Crippen molar-refractivity contribution in [2.75, 3.05) is 0 Å². The minimum absolute atomic E-state index is 0.338. The first-order valence-electron chi connectivity index (χ1n) is 16.1. The summed E-state index contributed by atoms with van der Waals surface area (Å²) >= 11 is 0. The lowest BCUT2D eigenvalue weighted by Crippen LogP contribution is -1.97. The van der Waals surface area contributed by atoms with Crippen LogP contribution in [0.3, 0.4) is 0 Å². The predicted octanol–water partition coefficient (Wildman–Crippen LogP) is 11.9. The molecule has 0 saturated carbocycles. The number of rotatable bonds is 3. The first-order valence-corrected chi connectivity index (χ1v) is 16.1. The lowest BCUT2D eigenvalue weighted by Gasteiger charge is -2.15. The van der Waals surface area contributed by atoms with E-state index in [4.69, 9.17) is 11.0 Å². The summed E-state index contributed by atoms with van der Waals surface area (Å²) < 4.78 is 10.8. The molecule has 10 aromatic rings. The quantitative estimate of drug-likeness (QED) is 0.184. The smallest absolute Gasteiger partial charge is 0.212 e. The molecule has 7 aromatic carbocycles. The Kier molecular flexibility index (Phi) is 5.64. The minimum Gasteiger partial charge on any atom is -0.456 e. The van der Waals surface area contributed by atoms with Crippen molar-refractivity contribution in [3.8, 4) is 28.6 Å². The van der Waals surface area contributed by atoms with Crippen molar-refractivity contribution in [3.05, 3.63) is 163 Å². The second-order valence-corrected chi connectivity index (χ2v) is 12.3. The second kappa shape index (κ2) is 10.2. The number of hydrogen-bond acceptors (Lipinski definition) is 2. The maximum absolute atomic E-state index is 10.4. The van der Waals surface area contributed by atoms with Gasteiger partial charge < -0.3 is 13.6 Å². The number of nitrogens with zero attached hydrogens (tertiary/aromatic N) is 4. The SMILES string of the molecule is [C-]#[N+]c1c(C#N)cc(-n2c3ccccc3c3cc4oc5ccccc5c4cc32)cc1-c1cccc(-n2c3ccccc3c3ccccc32)c1. The van der Waals surface area contributed by atoms with Crippen molar-refractivity contribution in [1.82, 2.24) is 9.13 Å². The summed E-state index contributed by atoms with van der Waals surface area (Å²) in [4.78, 5) is 3.92. The highest BCUT2D eigenvalue weighted by atomic mass is 16.3. The van der Waals surface area contributed by atoms with Crippen molar-refractivity contribution in [1.29, 1.82) is 5.26 Å². The highest BCUT2D eigenvalue weighted by molar-refractivity contribution is 6.17. The van der Waals surface area contributed by atoms with Gasteiger partial charge >= 0.3 is 0 Å². The van der Waals surface area contributed by atoms with Crippen LogP contribution in [0.1, 0.15) is 5.56 Å². The Balaban J connectivity index is 1.25. The molecule has 0 aliphatic heterocycles. The number of benzene rings is 7. The third kappa shape index (κ3) is 3.85. The van der Waals surface area contributed by atoms with Gasteiger partial charge in [0.1, 0.15) is 11.2 Å². The van der Waals surface area contributed by atoms with E-state index in [0.717, 1.165) is 71.7 Å². The van der Waals surface area contributed by atoms with Crippen molar-refractivity contribution < 1.29 is 4.42 Å². The minimum atomic E-state index is 0.338. The van der Waals surface area contributed by atoms with Gasteiger partial charge in [-0.15, -0.1) is 0 Å². The number of hydrogen-bond donors (Lipinski definition) is 0. The number of fused-ring (bicyclic) bond motifs is 9. The second-order valence-electron chi connectivity index (χ2n) is 12.3. The van der Waals surface area contributed by atoms with Crippen LogP contribution in [0.15, 0.2) is 150 Å². The van der Waals surface area contributed by atoms with Crippen LogP contribution in [0.5, 0.6) is 0 Å². The van der Waals surface area contributed by atoms with Crippen LogP contribution in [0.4, 0.5) is 5.69 Å². The van der Waals surface area contributed by atoms with Gasteiger partial charge in [-0.3, -0.25) is 0 Å². The van der Waals surface area contributed by atoms with Gasteiger partial charge in [0.15, 0.2) is 0 Å². The monoisotopic (exact) mass is 624 g/mol. The maximum Gasteiger partial charge on any atom is 0.212 e. The van der Waals surface area contributed by atoms with Crippen LogP contribution < -0.4 is 0 Å². The van der Waals surface area contributed by atoms with Crippen LogP contribution in [-0.4, -0.2) is 9.13 Å². The number of furan rings is 1. The normalized spacial score (nSPS) is 11.6. The molecule has 0 fully saturated rings. The van der Waals surface area contributed by atoms with Crippen LogP contribution >= 0.6 is 0 Å². The molecule has 3 heterocycles. The summed E-state index contributed by atoms with van der Waals surface area (Å²) in [6.45, 7) is 8.19. The molecule has 5 heteroatoms. The van der Waals surface area contributed by atoms with Crippen LogP contribution in [0, 0.1) is 17.9 Å². The van der Waals surface area contributed by atoms with Gasteiger partial charge in [-0.25, -0.2) is 4.85 Å². The Morgan fingerprint density at radius 3 is 1.80 bits per heavy atom. The first-order chi connectivity index (χ1) is 24.2. The molecule has 0 aliphatic carbocycles. The molecular weight excluding hydrogens is 601 g/mol.